The zero-order valence-corrected chi connectivity index (χ0v) is 13.2. The molecule has 3 rings (SSSR count). The van der Waals surface area contributed by atoms with Crippen molar-refractivity contribution in [1.82, 2.24) is 4.31 Å². The van der Waals surface area contributed by atoms with Crippen molar-refractivity contribution in [1.29, 1.82) is 0 Å². The number of hydrogen-bond acceptors (Lipinski definition) is 4. The van der Waals surface area contributed by atoms with Crippen molar-refractivity contribution in [2.24, 2.45) is 5.41 Å². The topological polar surface area (TPSA) is 74.7 Å². The summed E-state index contributed by atoms with van der Waals surface area (Å²) >= 11 is 1.35. The van der Waals surface area contributed by atoms with Crippen molar-refractivity contribution in [3.63, 3.8) is 0 Å². The maximum Gasteiger partial charge on any atom is 0.322 e. The van der Waals surface area contributed by atoms with Crippen LogP contribution in [0, 0.1) is 5.41 Å². The zero-order chi connectivity index (χ0) is 15.4. The lowest BCUT2D eigenvalue weighted by molar-refractivity contribution is -0.153. The third kappa shape index (κ3) is 2.07. The molecule has 0 bridgehead atoms. The van der Waals surface area contributed by atoms with Crippen LogP contribution in [0.25, 0.3) is 10.1 Å². The van der Waals surface area contributed by atoms with E-state index in [9.17, 15) is 18.3 Å². The van der Waals surface area contributed by atoms with Crippen molar-refractivity contribution in [2.75, 3.05) is 6.54 Å². The van der Waals surface area contributed by atoms with E-state index in [1.54, 1.807) is 31.4 Å². The third-order valence-corrected chi connectivity index (χ3v) is 6.82. The van der Waals surface area contributed by atoms with Crippen LogP contribution in [0.4, 0.5) is 0 Å². The summed E-state index contributed by atoms with van der Waals surface area (Å²) in [5, 5.41) is 11.5. The molecule has 0 spiro atoms. The number of carboxylic acids is 1. The molecule has 5 nitrogen and oxygen atoms in total. The van der Waals surface area contributed by atoms with Crippen LogP contribution in [-0.4, -0.2) is 36.4 Å². The second-order valence-electron chi connectivity index (χ2n) is 5.88. The Balaban J connectivity index is 2.08. The second-order valence-corrected chi connectivity index (χ2v) is 8.65. The Bertz CT molecular complexity index is 822. The van der Waals surface area contributed by atoms with E-state index >= 15 is 0 Å². The summed E-state index contributed by atoms with van der Waals surface area (Å²) in [6, 6.07) is 6.22. The highest BCUT2D eigenvalue weighted by Crippen LogP contribution is 2.42. The zero-order valence-electron chi connectivity index (χ0n) is 11.6. The van der Waals surface area contributed by atoms with Gasteiger partial charge in [0.2, 0.25) is 10.0 Å². The van der Waals surface area contributed by atoms with Crippen molar-refractivity contribution in [3.05, 3.63) is 29.6 Å². The van der Waals surface area contributed by atoms with Crippen LogP contribution in [0.1, 0.15) is 13.8 Å². The van der Waals surface area contributed by atoms with Gasteiger partial charge in [-0.05, 0) is 6.07 Å². The summed E-state index contributed by atoms with van der Waals surface area (Å²) in [5.74, 6) is -1.10. The van der Waals surface area contributed by atoms with Gasteiger partial charge in [0, 0.05) is 27.4 Å². The third-order valence-electron chi connectivity index (χ3n) is 3.86. The highest BCUT2D eigenvalue weighted by molar-refractivity contribution is 7.89. The van der Waals surface area contributed by atoms with Crippen LogP contribution in [-0.2, 0) is 14.8 Å². The number of nitrogens with zero attached hydrogens (tertiary/aromatic N) is 1. The average Bonchev–Trinajstić information content (AvgIpc) is 2.79. The van der Waals surface area contributed by atoms with E-state index in [1.165, 1.54) is 11.3 Å². The molecule has 112 valence electrons. The van der Waals surface area contributed by atoms with Crippen molar-refractivity contribution in [2.45, 2.75) is 24.8 Å². The smallest absolute Gasteiger partial charge is 0.322 e. The summed E-state index contributed by atoms with van der Waals surface area (Å²) < 4.78 is 27.5. The fraction of sp³-hybridized carbons (Fsp3) is 0.357. The SMILES string of the molecule is CC1(C)CN(S(=O)(=O)c2csc3ccccc23)C1C(=O)O. The molecule has 2 heterocycles. The lowest BCUT2D eigenvalue weighted by Crippen LogP contribution is -2.66. The number of thiophene rings is 1. The molecule has 0 amide bonds. The molecule has 1 unspecified atom stereocenters. The molecule has 7 heteroatoms. The van der Waals surface area contributed by atoms with E-state index in [1.807, 2.05) is 12.1 Å². The first-order valence-electron chi connectivity index (χ1n) is 6.46. The van der Waals surface area contributed by atoms with E-state index in [2.05, 4.69) is 0 Å². The number of sulfonamides is 1. The van der Waals surface area contributed by atoms with Gasteiger partial charge in [-0.1, -0.05) is 32.0 Å². The molecule has 0 saturated carbocycles. The van der Waals surface area contributed by atoms with E-state index in [-0.39, 0.29) is 11.4 Å². The van der Waals surface area contributed by atoms with Crippen LogP contribution in [0.2, 0.25) is 0 Å². The Morgan fingerprint density at radius 3 is 2.67 bits per heavy atom. The van der Waals surface area contributed by atoms with Crippen LogP contribution >= 0.6 is 11.3 Å². The number of hydrogen-bond donors (Lipinski definition) is 1. The standard InChI is InChI=1S/C14H15NO4S2/c1-14(2)8-15(12(14)13(16)17)21(18,19)11-7-20-10-6-4-3-5-9(10)11/h3-7,12H,8H2,1-2H3,(H,16,17). The van der Waals surface area contributed by atoms with Crippen molar-refractivity contribution >= 4 is 37.4 Å². The van der Waals surface area contributed by atoms with E-state index in [0.29, 0.717) is 5.39 Å². The van der Waals surface area contributed by atoms with Gasteiger partial charge in [0.25, 0.3) is 0 Å². The molecule has 1 fully saturated rings. The van der Waals surface area contributed by atoms with Crippen molar-refractivity contribution < 1.29 is 18.3 Å². The Labute approximate surface area is 126 Å². The Kier molecular flexibility index (Phi) is 3.12. The molecule has 1 saturated heterocycles. The summed E-state index contributed by atoms with van der Waals surface area (Å²) in [6.45, 7) is 3.75. The fourth-order valence-electron chi connectivity index (χ4n) is 2.82. The van der Waals surface area contributed by atoms with Crippen LogP contribution in [0.15, 0.2) is 34.5 Å². The minimum absolute atomic E-state index is 0.199. The summed E-state index contributed by atoms with van der Waals surface area (Å²) in [6.07, 6.45) is 0. The first kappa shape index (κ1) is 14.5. The number of benzene rings is 1. The molecule has 0 aliphatic carbocycles. The van der Waals surface area contributed by atoms with Crippen molar-refractivity contribution in [3.8, 4) is 0 Å². The molecule has 1 atom stereocenters. The predicted molar refractivity (Wildman–Crippen MR) is 80.9 cm³/mol. The lowest BCUT2D eigenvalue weighted by atomic mass is 9.77. The van der Waals surface area contributed by atoms with Gasteiger partial charge < -0.3 is 5.11 Å². The predicted octanol–water partition coefficient (Wildman–Crippen LogP) is 2.39. The highest BCUT2D eigenvalue weighted by Gasteiger charge is 2.56. The molecular formula is C14H15NO4S2. The Morgan fingerprint density at radius 1 is 1.38 bits per heavy atom. The maximum atomic E-state index is 12.8. The quantitative estimate of drug-likeness (QED) is 0.940. The lowest BCUT2D eigenvalue weighted by Gasteiger charge is -2.50. The van der Waals surface area contributed by atoms with Crippen LogP contribution < -0.4 is 0 Å². The summed E-state index contributed by atoms with van der Waals surface area (Å²) in [7, 11) is -3.79. The molecule has 1 aliphatic rings. The molecule has 1 aliphatic heterocycles. The monoisotopic (exact) mass is 325 g/mol. The molecular weight excluding hydrogens is 310 g/mol. The van der Waals surface area contributed by atoms with Gasteiger partial charge in [0.05, 0.1) is 0 Å². The van der Waals surface area contributed by atoms with Gasteiger partial charge in [0.1, 0.15) is 10.9 Å². The summed E-state index contributed by atoms with van der Waals surface area (Å²) in [5.41, 5.74) is -0.551. The van der Waals surface area contributed by atoms with Gasteiger partial charge in [-0.3, -0.25) is 4.79 Å². The number of carboxylic acid groups (broad SMARTS) is 1. The van der Waals surface area contributed by atoms with Crippen LogP contribution in [0.5, 0.6) is 0 Å². The normalized spacial score (nSPS) is 22.1. The summed E-state index contributed by atoms with van der Waals surface area (Å²) in [4.78, 5) is 11.6. The minimum Gasteiger partial charge on any atom is -0.480 e. The van der Waals surface area contributed by atoms with Gasteiger partial charge in [0.15, 0.2) is 0 Å². The Hall–Kier alpha value is -1.44. The number of rotatable bonds is 3. The molecule has 1 aromatic carbocycles. The van der Waals surface area contributed by atoms with E-state index in [4.69, 9.17) is 0 Å². The second kappa shape index (κ2) is 4.53. The van der Waals surface area contributed by atoms with Gasteiger partial charge in [-0.25, -0.2) is 8.42 Å². The highest BCUT2D eigenvalue weighted by atomic mass is 32.2. The van der Waals surface area contributed by atoms with Gasteiger partial charge in [-0.15, -0.1) is 11.3 Å². The molecule has 2 aromatic rings. The van der Waals surface area contributed by atoms with Gasteiger partial charge in [-0.2, -0.15) is 4.31 Å². The maximum absolute atomic E-state index is 12.8. The number of fused-ring (bicyclic) bond motifs is 1. The minimum atomic E-state index is -3.79. The average molecular weight is 325 g/mol. The molecule has 21 heavy (non-hydrogen) atoms. The first-order valence-corrected chi connectivity index (χ1v) is 8.78. The van der Waals surface area contributed by atoms with E-state index in [0.717, 1.165) is 9.01 Å². The Morgan fingerprint density at radius 2 is 2.05 bits per heavy atom. The first-order chi connectivity index (χ1) is 9.75. The number of aliphatic carboxylic acids is 1. The molecule has 1 aromatic heterocycles. The number of carbonyl (C=O) groups is 1. The molecule has 0 radical (unpaired) electrons. The molecule has 1 N–H and O–H groups in total. The van der Waals surface area contributed by atoms with Crippen LogP contribution in [0.3, 0.4) is 0 Å². The largest absolute Gasteiger partial charge is 0.480 e. The fourth-order valence-corrected chi connectivity index (χ4v) is 6.20. The van der Waals surface area contributed by atoms with Gasteiger partial charge >= 0.3 is 5.97 Å². The van der Waals surface area contributed by atoms with E-state index < -0.39 is 27.4 Å².